The zero-order valence-electron chi connectivity index (χ0n) is 13.9. The van der Waals surface area contributed by atoms with Crippen molar-refractivity contribution < 1.29 is 4.79 Å². The van der Waals surface area contributed by atoms with E-state index in [9.17, 15) is 4.79 Å². The van der Waals surface area contributed by atoms with Gasteiger partial charge in [-0.1, -0.05) is 17.3 Å². The van der Waals surface area contributed by atoms with E-state index in [0.717, 1.165) is 11.3 Å². The first-order valence-corrected chi connectivity index (χ1v) is 7.73. The minimum atomic E-state index is -0.244. The Hall–Kier alpha value is -3.02. The van der Waals surface area contributed by atoms with Gasteiger partial charge in [0.25, 0.3) is 5.91 Å². The van der Waals surface area contributed by atoms with Crippen LogP contribution >= 0.6 is 0 Å². The van der Waals surface area contributed by atoms with E-state index < -0.39 is 0 Å². The molecule has 6 nitrogen and oxygen atoms in total. The van der Waals surface area contributed by atoms with Gasteiger partial charge in [-0.25, -0.2) is 4.68 Å². The highest BCUT2D eigenvalue weighted by Gasteiger charge is 2.17. The molecule has 0 saturated heterocycles. The molecule has 0 aliphatic carbocycles. The second-order valence-electron chi connectivity index (χ2n) is 5.75. The molecular formula is C18H19N5O. The highest BCUT2D eigenvalue weighted by molar-refractivity contribution is 5.93. The van der Waals surface area contributed by atoms with Gasteiger partial charge in [0.2, 0.25) is 0 Å². The van der Waals surface area contributed by atoms with Gasteiger partial charge in [-0.3, -0.25) is 9.78 Å². The fourth-order valence-electron chi connectivity index (χ4n) is 2.41. The first-order chi connectivity index (χ1) is 11.6. The van der Waals surface area contributed by atoms with Gasteiger partial charge in [-0.2, -0.15) is 0 Å². The molecule has 3 aromatic rings. The summed E-state index contributed by atoms with van der Waals surface area (Å²) < 4.78 is 1.69. The smallest absolute Gasteiger partial charge is 0.274 e. The van der Waals surface area contributed by atoms with Crippen molar-refractivity contribution in [3.05, 3.63) is 70.8 Å². The molecule has 2 heterocycles. The molecule has 6 heteroatoms. The maximum Gasteiger partial charge on any atom is 0.274 e. The Morgan fingerprint density at radius 1 is 1.17 bits per heavy atom. The van der Waals surface area contributed by atoms with Gasteiger partial charge in [0.1, 0.15) is 0 Å². The number of carbonyl (C=O) groups excluding carboxylic acids is 1. The lowest BCUT2D eigenvalue weighted by Gasteiger charge is -2.07. The first-order valence-electron chi connectivity index (χ1n) is 7.73. The van der Waals surface area contributed by atoms with Gasteiger partial charge in [-0.05, 0) is 55.7 Å². The molecule has 0 bridgehead atoms. The molecule has 0 radical (unpaired) electrons. The van der Waals surface area contributed by atoms with Crippen LogP contribution in [0.25, 0.3) is 5.69 Å². The number of nitrogens with zero attached hydrogens (tertiary/aromatic N) is 4. The predicted octanol–water partition coefficient (Wildman–Crippen LogP) is 2.52. The molecule has 24 heavy (non-hydrogen) atoms. The minimum absolute atomic E-state index is 0.244. The van der Waals surface area contributed by atoms with E-state index >= 15 is 0 Å². The van der Waals surface area contributed by atoms with Gasteiger partial charge in [-0.15, -0.1) is 5.10 Å². The SMILES string of the molecule is Cc1ccc(-n2nnc(C(=O)NCc3cccnc3)c2C)cc1C. The molecule has 0 saturated carbocycles. The highest BCUT2D eigenvalue weighted by atomic mass is 16.2. The maximum atomic E-state index is 12.4. The Labute approximate surface area is 140 Å². The molecule has 0 spiro atoms. The van der Waals surface area contributed by atoms with E-state index in [4.69, 9.17) is 0 Å². The van der Waals surface area contributed by atoms with Crippen molar-refractivity contribution in [3.63, 3.8) is 0 Å². The van der Waals surface area contributed by atoms with Gasteiger partial charge < -0.3 is 5.32 Å². The topological polar surface area (TPSA) is 72.7 Å². The summed E-state index contributed by atoms with van der Waals surface area (Å²) in [6, 6.07) is 9.79. The third-order valence-electron chi connectivity index (χ3n) is 4.02. The van der Waals surface area contributed by atoms with E-state index in [2.05, 4.69) is 27.5 Å². The number of amides is 1. The van der Waals surface area contributed by atoms with Crippen LogP contribution in [-0.2, 0) is 6.54 Å². The number of pyridine rings is 1. The van der Waals surface area contributed by atoms with Crippen LogP contribution < -0.4 is 5.32 Å². The summed E-state index contributed by atoms with van der Waals surface area (Å²) in [4.78, 5) is 16.4. The molecule has 0 aliphatic heterocycles. The number of aromatic nitrogens is 4. The summed E-state index contributed by atoms with van der Waals surface area (Å²) in [6.07, 6.45) is 3.42. The molecule has 1 amide bonds. The van der Waals surface area contributed by atoms with Crippen LogP contribution in [0, 0.1) is 20.8 Å². The second kappa shape index (κ2) is 6.62. The average Bonchev–Trinajstić information content (AvgIpc) is 2.98. The number of hydrogen-bond donors (Lipinski definition) is 1. The normalized spacial score (nSPS) is 10.6. The van der Waals surface area contributed by atoms with Crippen molar-refractivity contribution in [1.29, 1.82) is 0 Å². The van der Waals surface area contributed by atoms with E-state index in [1.807, 2.05) is 44.2 Å². The summed E-state index contributed by atoms with van der Waals surface area (Å²) >= 11 is 0. The largest absolute Gasteiger partial charge is 0.346 e. The fourth-order valence-corrected chi connectivity index (χ4v) is 2.41. The van der Waals surface area contributed by atoms with E-state index in [0.29, 0.717) is 17.9 Å². The standard InChI is InChI=1S/C18H19N5O/c1-12-6-7-16(9-13(12)2)23-14(3)17(21-22-23)18(24)20-11-15-5-4-8-19-10-15/h4-10H,11H2,1-3H3,(H,20,24). The van der Waals surface area contributed by atoms with Gasteiger partial charge in [0, 0.05) is 18.9 Å². The summed E-state index contributed by atoms with van der Waals surface area (Å²) in [5.74, 6) is -0.244. The lowest BCUT2D eigenvalue weighted by atomic mass is 10.1. The number of nitrogens with one attached hydrogen (secondary N) is 1. The Morgan fingerprint density at radius 2 is 2.00 bits per heavy atom. The first kappa shape index (κ1) is 15.9. The van der Waals surface area contributed by atoms with E-state index in [-0.39, 0.29) is 5.91 Å². The molecular weight excluding hydrogens is 302 g/mol. The summed E-state index contributed by atoms with van der Waals surface area (Å²) in [6.45, 7) is 6.36. The number of benzene rings is 1. The number of aryl methyl sites for hydroxylation is 2. The van der Waals surface area contributed by atoms with E-state index in [1.54, 1.807) is 17.1 Å². The molecule has 0 atom stereocenters. The van der Waals surface area contributed by atoms with Crippen molar-refractivity contribution in [3.8, 4) is 5.69 Å². The van der Waals surface area contributed by atoms with Crippen LogP contribution in [0.2, 0.25) is 0 Å². The summed E-state index contributed by atoms with van der Waals surface area (Å²) in [7, 11) is 0. The zero-order chi connectivity index (χ0) is 17.1. The predicted molar refractivity (Wildman–Crippen MR) is 91.0 cm³/mol. The third kappa shape index (κ3) is 3.17. The van der Waals surface area contributed by atoms with Crippen molar-refractivity contribution in [1.82, 2.24) is 25.3 Å². The Balaban J connectivity index is 1.79. The van der Waals surface area contributed by atoms with Gasteiger partial charge in [0.15, 0.2) is 5.69 Å². The number of rotatable bonds is 4. The number of carbonyl (C=O) groups is 1. The molecule has 1 aromatic carbocycles. The summed E-state index contributed by atoms with van der Waals surface area (Å²) in [5.41, 5.74) is 5.26. The van der Waals surface area contributed by atoms with Crippen LogP contribution in [0.1, 0.15) is 32.9 Å². The Morgan fingerprint density at radius 3 is 2.71 bits per heavy atom. The molecule has 0 aliphatic rings. The number of hydrogen-bond acceptors (Lipinski definition) is 4. The van der Waals surface area contributed by atoms with Crippen LogP contribution in [0.5, 0.6) is 0 Å². The molecule has 3 rings (SSSR count). The van der Waals surface area contributed by atoms with Crippen LogP contribution in [0.15, 0.2) is 42.7 Å². The van der Waals surface area contributed by atoms with Crippen LogP contribution in [-0.4, -0.2) is 25.9 Å². The van der Waals surface area contributed by atoms with Crippen molar-refractivity contribution in [2.24, 2.45) is 0 Å². The highest BCUT2D eigenvalue weighted by Crippen LogP contribution is 2.16. The van der Waals surface area contributed by atoms with Gasteiger partial charge in [0.05, 0.1) is 11.4 Å². The zero-order valence-corrected chi connectivity index (χ0v) is 13.9. The van der Waals surface area contributed by atoms with Crippen molar-refractivity contribution in [2.75, 3.05) is 0 Å². The average molecular weight is 321 g/mol. The minimum Gasteiger partial charge on any atom is -0.346 e. The lowest BCUT2D eigenvalue weighted by Crippen LogP contribution is -2.24. The second-order valence-corrected chi connectivity index (χ2v) is 5.75. The monoisotopic (exact) mass is 321 g/mol. The van der Waals surface area contributed by atoms with Crippen LogP contribution in [0.3, 0.4) is 0 Å². The molecule has 1 N–H and O–H groups in total. The quantitative estimate of drug-likeness (QED) is 0.801. The van der Waals surface area contributed by atoms with Gasteiger partial charge >= 0.3 is 0 Å². The maximum absolute atomic E-state index is 12.4. The molecule has 122 valence electrons. The molecule has 0 unspecified atom stereocenters. The Kier molecular flexibility index (Phi) is 4.37. The molecule has 2 aromatic heterocycles. The fraction of sp³-hybridized carbons (Fsp3) is 0.222. The summed E-state index contributed by atoms with van der Waals surface area (Å²) in [5, 5.41) is 11.0. The van der Waals surface area contributed by atoms with E-state index in [1.165, 1.54) is 11.1 Å². The van der Waals surface area contributed by atoms with Crippen molar-refractivity contribution in [2.45, 2.75) is 27.3 Å². The third-order valence-corrected chi connectivity index (χ3v) is 4.02. The lowest BCUT2D eigenvalue weighted by molar-refractivity contribution is 0.0945. The van der Waals surface area contributed by atoms with Crippen LogP contribution in [0.4, 0.5) is 0 Å². The molecule has 0 fully saturated rings. The van der Waals surface area contributed by atoms with Crippen molar-refractivity contribution >= 4 is 5.91 Å². The Bertz CT molecular complexity index is 870.